The van der Waals surface area contributed by atoms with Crippen molar-refractivity contribution in [2.75, 3.05) is 13.2 Å². The Morgan fingerprint density at radius 1 is 0.683 bits per heavy atom. The molecule has 0 fully saturated rings. The molecule has 0 spiro atoms. The molecule has 0 radical (unpaired) electrons. The zero-order chi connectivity index (χ0) is 29.6. The maximum absolute atomic E-state index is 11.2. The van der Waals surface area contributed by atoms with Gasteiger partial charge in [0.2, 0.25) is 0 Å². The van der Waals surface area contributed by atoms with Gasteiger partial charge in [0.05, 0.1) is 19.8 Å². The molecule has 0 bridgehead atoms. The molecular weight excluding hydrogens is 528 g/mol. The lowest BCUT2D eigenvalue weighted by Crippen LogP contribution is -2.07. The fourth-order valence-corrected chi connectivity index (χ4v) is 4.57. The van der Waals surface area contributed by atoms with Gasteiger partial charge < -0.3 is 35.0 Å². The number of aliphatic hydroxyl groups excluding tert-OH is 1. The molecule has 0 amide bonds. The summed E-state index contributed by atoms with van der Waals surface area (Å²) in [6.07, 6.45) is 5.17. The smallest absolute Gasteiger partial charge is 0.303 e. The largest absolute Gasteiger partial charge is 0.504 e. The average molecular weight is 567 g/mol. The summed E-state index contributed by atoms with van der Waals surface area (Å²) in [6, 6.07) is 15.7. The first-order valence-corrected chi connectivity index (χ1v) is 13.8. The van der Waals surface area contributed by atoms with E-state index in [2.05, 4.69) is 0 Å². The number of aliphatic hydroxyl groups is 1. The number of ether oxygens (including phenoxy) is 2. The van der Waals surface area contributed by atoms with Crippen LogP contribution in [0.2, 0.25) is 0 Å². The summed E-state index contributed by atoms with van der Waals surface area (Å²) in [4.78, 5) is 22.0. The van der Waals surface area contributed by atoms with E-state index in [4.69, 9.17) is 14.6 Å². The molecule has 0 aliphatic heterocycles. The van der Waals surface area contributed by atoms with Crippen molar-refractivity contribution >= 4 is 11.9 Å². The number of phenols is 2. The summed E-state index contributed by atoms with van der Waals surface area (Å²) in [5.41, 5.74) is 4.05. The van der Waals surface area contributed by atoms with Crippen molar-refractivity contribution in [3.63, 3.8) is 0 Å². The van der Waals surface area contributed by atoms with Gasteiger partial charge in [0.15, 0.2) is 11.5 Å². The van der Waals surface area contributed by atoms with Crippen molar-refractivity contribution in [1.29, 1.82) is 0 Å². The van der Waals surface area contributed by atoms with E-state index in [9.17, 15) is 30.0 Å². The minimum absolute atomic E-state index is 0.00700. The molecule has 0 heterocycles. The van der Waals surface area contributed by atoms with Crippen LogP contribution < -0.4 is 9.47 Å². The highest BCUT2D eigenvalue weighted by molar-refractivity contribution is 5.69. The van der Waals surface area contributed by atoms with Crippen LogP contribution in [0, 0.1) is 0 Å². The summed E-state index contributed by atoms with van der Waals surface area (Å²) in [5.74, 6) is -0.943. The third kappa shape index (κ3) is 10.3. The number of hydrogen-bond acceptors (Lipinski definition) is 7. The van der Waals surface area contributed by atoms with Crippen LogP contribution in [0.25, 0.3) is 11.1 Å². The SMILES string of the molecule is O=C(O)CCCOc1cccc(CCCCCCOc2cc(CO)cc(-c3ccc(O)c(O)c3)c2)c1CCC(=O)O. The maximum atomic E-state index is 11.2. The van der Waals surface area contributed by atoms with Gasteiger partial charge in [-0.05, 0) is 96.3 Å². The van der Waals surface area contributed by atoms with Crippen molar-refractivity contribution < 1.29 is 44.6 Å². The van der Waals surface area contributed by atoms with Crippen LogP contribution in [0.1, 0.15) is 61.6 Å². The predicted molar refractivity (Wildman–Crippen MR) is 154 cm³/mol. The molecule has 3 aromatic rings. The number of carboxylic acid groups (broad SMARTS) is 2. The lowest BCUT2D eigenvalue weighted by Gasteiger charge is -2.15. The standard InChI is InChI=1S/C32H38O9/c33-21-22-17-25(24-11-13-28(34)29(35)20-24)19-26(18-22)40-15-4-2-1-3-7-23-8-5-9-30(27(23)12-14-32(38)39)41-16-6-10-31(36)37/h5,8-9,11,13,17-20,33-35H,1-4,6-7,10,12,14-16,21H2,(H,36,37)(H,38,39). The third-order valence-electron chi connectivity index (χ3n) is 6.68. The summed E-state index contributed by atoms with van der Waals surface area (Å²) in [5, 5.41) is 47.1. The number of aryl methyl sites for hydroxylation is 1. The van der Waals surface area contributed by atoms with Gasteiger partial charge in [0.1, 0.15) is 11.5 Å². The van der Waals surface area contributed by atoms with Gasteiger partial charge in [-0.25, -0.2) is 0 Å². The zero-order valence-electron chi connectivity index (χ0n) is 23.1. The first-order chi connectivity index (χ1) is 19.8. The molecular formula is C32H38O9. The second-order valence-corrected chi connectivity index (χ2v) is 9.87. The number of hydrogen-bond donors (Lipinski definition) is 5. The van der Waals surface area contributed by atoms with E-state index in [-0.39, 0.29) is 37.6 Å². The minimum Gasteiger partial charge on any atom is -0.504 e. The second-order valence-electron chi connectivity index (χ2n) is 9.87. The van der Waals surface area contributed by atoms with Crippen LogP contribution in [-0.4, -0.2) is 50.7 Å². The maximum Gasteiger partial charge on any atom is 0.303 e. The molecule has 0 aliphatic rings. The Kier molecular flexibility index (Phi) is 12.3. The Morgan fingerprint density at radius 2 is 1.44 bits per heavy atom. The molecule has 0 aromatic heterocycles. The fourth-order valence-electron chi connectivity index (χ4n) is 4.57. The number of carboxylic acids is 2. The van der Waals surface area contributed by atoms with E-state index in [1.54, 1.807) is 24.3 Å². The fraction of sp³-hybridized carbons (Fsp3) is 0.375. The Morgan fingerprint density at radius 3 is 2.17 bits per heavy atom. The van der Waals surface area contributed by atoms with Gasteiger partial charge >= 0.3 is 11.9 Å². The van der Waals surface area contributed by atoms with Crippen LogP contribution >= 0.6 is 0 Å². The van der Waals surface area contributed by atoms with Crippen molar-refractivity contribution in [3.05, 3.63) is 71.3 Å². The van der Waals surface area contributed by atoms with Crippen molar-refractivity contribution in [1.82, 2.24) is 0 Å². The highest BCUT2D eigenvalue weighted by Crippen LogP contribution is 2.33. The van der Waals surface area contributed by atoms with Crippen molar-refractivity contribution in [2.24, 2.45) is 0 Å². The highest BCUT2D eigenvalue weighted by atomic mass is 16.5. The van der Waals surface area contributed by atoms with Gasteiger partial charge in [0, 0.05) is 12.8 Å². The molecule has 0 saturated carbocycles. The molecule has 0 unspecified atom stereocenters. The van der Waals surface area contributed by atoms with Crippen LogP contribution in [0.15, 0.2) is 54.6 Å². The minimum atomic E-state index is -0.880. The topological polar surface area (TPSA) is 154 Å². The first kappa shape index (κ1) is 31.3. The van der Waals surface area contributed by atoms with Gasteiger partial charge in [-0.15, -0.1) is 0 Å². The van der Waals surface area contributed by atoms with Gasteiger partial charge in [-0.3, -0.25) is 9.59 Å². The average Bonchev–Trinajstić information content (AvgIpc) is 2.95. The van der Waals surface area contributed by atoms with Gasteiger partial charge in [0.25, 0.3) is 0 Å². The normalized spacial score (nSPS) is 10.9. The van der Waals surface area contributed by atoms with Crippen molar-refractivity contribution in [3.8, 4) is 34.1 Å². The molecule has 0 aliphatic carbocycles. The Bertz CT molecular complexity index is 1300. The van der Waals surface area contributed by atoms with Crippen LogP contribution in [0.3, 0.4) is 0 Å². The van der Waals surface area contributed by atoms with E-state index in [1.807, 2.05) is 18.2 Å². The summed E-state index contributed by atoms with van der Waals surface area (Å²) in [6.45, 7) is 0.603. The van der Waals surface area contributed by atoms with E-state index in [0.717, 1.165) is 48.8 Å². The zero-order valence-corrected chi connectivity index (χ0v) is 23.1. The number of benzene rings is 3. The van der Waals surface area contributed by atoms with Crippen LogP contribution in [-0.2, 0) is 29.0 Å². The van der Waals surface area contributed by atoms with Crippen molar-refractivity contribution in [2.45, 2.75) is 64.4 Å². The monoisotopic (exact) mass is 566 g/mol. The third-order valence-corrected chi connectivity index (χ3v) is 6.68. The summed E-state index contributed by atoms with van der Waals surface area (Å²) < 4.78 is 11.8. The van der Waals surface area contributed by atoms with E-state index in [1.165, 1.54) is 12.1 Å². The summed E-state index contributed by atoms with van der Waals surface area (Å²) in [7, 11) is 0. The van der Waals surface area contributed by atoms with Crippen LogP contribution in [0.4, 0.5) is 0 Å². The molecule has 3 aromatic carbocycles. The Labute approximate surface area is 239 Å². The highest BCUT2D eigenvalue weighted by Gasteiger charge is 2.12. The number of phenolic OH excluding ortho intramolecular Hbond substituents is 2. The number of aliphatic carboxylic acids is 2. The van der Waals surface area contributed by atoms with Gasteiger partial charge in [-0.1, -0.05) is 31.0 Å². The number of unbranched alkanes of at least 4 members (excludes halogenated alkanes) is 3. The van der Waals surface area contributed by atoms with E-state index < -0.39 is 11.9 Å². The lowest BCUT2D eigenvalue weighted by atomic mass is 9.97. The number of rotatable bonds is 18. The van der Waals surface area contributed by atoms with E-state index in [0.29, 0.717) is 42.1 Å². The molecule has 9 heteroatoms. The quantitative estimate of drug-likeness (QED) is 0.0963. The molecule has 9 nitrogen and oxygen atoms in total. The van der Waals surface area contributed by atoms with E-state index >= 15 is 0 Å². The number of aromatic hydroxyl groups is 2. The molecule has 3 rings (SSSR count). The molecule has 41 heavy (non-hydrogen) atoms. The molecule has 0 saturated heterocycles. The van der Waals surface area contributed by atoms with Gasteiger partial charge in [-0.2, -0.15) is 0 Å². The lowest BCUT2D eigenvalue weighted by molar-refractivity contribution is -0.138. The Hall–Kier alpha value is -4.24. The predicted octanol–water partition coefficient (Wildman–Crippen LogP) is 5.70. The molecule has 0 atom stereocenters. The molecule has 5 N–H and O–H groups in total. The summed E-state index contributed by atoms with van der Waals surface area (Å²) >= 11 is 0. The second kappa shape index (κ2) is 16.1. The number of carbonyl (C=O) groups is 2. The first-order valence-electron chi connectivity index (χ1n) is 13.8. The van der Waals surface area contributed by atoms with Crippen LogP contribution in [0.5, 0.6) is 23.0 Å². The Balaban J connectivity index is 1.49. The molecule has 220 valence electrons.